The van der Waals surface area contributed by atoms with E-state index in [9.17, 15) is 0 Å². The predicted octanol–water partition coefficient (Wildman–Crippen LogP) is 3.47. The van der Waals surface area contributed by atoms with E-state index in [1.165, 1.54) is 19.3 Å². The lowest BCUT2D eigenvalue weighted by Crippen LogP contribution is -1.98. The zero-order valence-electron chi connectivity index (χ0n) is 9.28. The summed E-state index contributed by atoms with van der Waals surface area (Å²) in [5, 5.41) is 0. The van der Waals surface area contributed by atoms with E-state index in [0.717, 1.165) is 5.92 Å². The summed E-state index contributed by atoms with van der Waals surface area (Å²) in [7, 11) is 0. The highest BCUT2D eigenvalue weighted by molar-refractivity contribution is 5.46. The smallest absolute Gasteiger partial charge is 0.0414 e. The molecule has 13 heavy (non-hydrogen) atoms. The fourth-order valence-corrected chi connectivity index (χ4v) is 3.29. The van der Waals surface area contributed by atoms with Gasteiger partial charge in [-0.25, -0.2) is 0 Å². The van der Waals surface area contributed by atoms with Crippen molar-refractivity contribution in [3.63, 3.8) is 0 Å². The van der Waals surface area contributed by atoms with E-state index >= 15 is 0 Å². The highest BCUT2D eigenvalue weighted by Gasteiger charge is 2.88. The average molecular weight is 176 g/mol. The van der Waals surface area contributed by atoms with Gasteiger partial charge in [0.15, 0.2) is 0 Å². The van der Waals surface area contributed by atoms with Crippen LogP contribution in [0, 0.1) is 34.5 Å². The van der Waals surface area contributed by atoms with Gasteiger partial charge in [-0.2, -0.15) is 0 Å². The van der Waals surface area contributed by atoms with Crippen molar-refractivity contribution in [1.82, 2.24) is 0 Å². The highest BCUT2D eigenvalue weighted by atomic mass is 14.9. The molecule has 2 aliphatic rings. The molecule has 0 N–H and O–H groups in total. The van der Waals surface area contributed by atoms with Crippen molar-refractivity contribution >= 4 is 0 Å². The van der Waals surface area contributed by atoms with Gasteiger partial charge in [-0.3, -0.25) is 0 Å². The van der Waals surface area contributed by atoms with Crippen molar-refractivity contribution in [3.05, 3.63) is 0 Å². The highest BCUT2D eigenvalue weighted by Crippen LogP contribution is 2.92. The van der Waals surface area contributed by atoms with E-state index in [4.69, 9.17) is 0 Å². The largest absolute Gasteiger partial charge is 0.0999 e. The molecular formula is C13H20. The maximum atomic E-state index is 3.55. The summed E-state index contributed by atoms with van der Waals surface area (Å²) < 4.78 is 0. The monoisotopic (exact) mass is 176 g/mol. The predicted molar refractivity (Wildman–Crippen MR) is 56.2 cm³/mol. The lowest BCUT2D eigenvalue weighted by atomic mass is 9.98. The molecule has 2 fully saturated rings. The molecule has 0 aliphatic heterocycles. The van der Waals surface area contributed by atoms with E-state index in [-0.39, 0.29) is 0 Å². The van der Waals surface area contributed by atoms with E-state index in [2.05, 4.69) is 39.5 Å². The van der Waals surface area contributed by atoms with Crippen LogP contribution in [0.3, 0.4) is 0 Å². The standard InChI is InChI=1S/C13H20/c1-5-11-12(6-2)9-13(11,12)8-7-10(3)4/h10-11H,5-6,9H2,1-4H3. The fraction of sp³-hybridized carbons (Fsp3) is 0.846. The second-order valence-electron chi connectivity index (χ2n) is 5.04. The number of fused-ring (bicyclic) bond motifs is 1. The molecule has 0 aromatic heterocycles. The molecule has 0 heterocycles. The summed E-state index contributed by atoms with van der Waals surface area (Å²) in [5.41, 5.74) is 1.18. The van der Waals surface area contributed by atoms with Crippen molar-refractivity contribution in [2.75, 3.05) is 0 Å². The molecule has 2 rings (SSSR count). The molecule has 0 heteroatoms. The topological polar surface area (TPSA) is 0 Å². The minimum Gasteiger partial charge on any atom is -0.0999 e. The van der Waals surface area contributed by atoms with Crippen LogP contribution in [0.4, 0.5) is 0 Å². The van der Waals surface area contributed by atoms with Gasteiger partial charge in [0.05, 0.1) is 0 Å². The van der Waals surface area contributed by atoms with Gasteiger partial charge in [0.2, 0.25) is 0 Å². The van der Waals surface area contributed by atoms with Crippen LogP contribution in [0.15, 0.2) is 0 Å². The van der Waals surface area contributed by atoms with Gasteiger partial charge in [0, 0.05) is 11.3 Å². The first-order valence-corrected chi connectivity index (χ1v) is 5.65. The summed E-state index contributed by atoms with van der Waals surface area (Å²) in [6.07, 6.45) is 4.08. The summed E-state index contributed by atoms with van der Waals surface area (Å²) >= 11 is 0. The van der Waals surface area contributed by atoms with Gasteiger partial charge in [-0.1, -0.05) is 46.0 Å². The Morgan fingerprint density at radius 2 is 2.08 bits per heavy atom. The van der Waals surface area contributed by atoms with Crippen LogP contribution < -0.4 is 0 Å². The Labute approximate surface area is 82.1 Å². The van der Waals surface area contributed by atoms with E-state index < -0.39 is 0 Å². The Morgan fingerprint density at radius 3 is 2.46 bits per heavy atom. The molecule has 2 aliphatic carbocycles. The van der Waals surface area contributed by atoms with Crippen molar-refractivity contribution in [1.29, 1.82) is 0 Å². The summed E-state index contributed by atoms with van der Waals surface area (Å²) in [5.74, 6) is 8.40. The fourth-order valence-electron chi connectivity index (χ4n) is 3.29. The quantitative estimate of drug-likeness (QED) is 0.565. The normalized spacial score (nSPS) is 45.2. The second kappa shape index (κ2) is 2.53. The van der Waals surface area contributed by atoms with Gasteiger partial charge >= 0.3 is 0 Å². The lowest BCUT2D eigenvalue weighted by Gasteiger charge is -2.06. The third kappa shape index (κ3) is 0.938. The van der Waals surface area contributed by atoms with Gasteiger partial charge < -0.3 is 0 Å². The molecule has 2 saturated carbocycles. The molecule has 0 aromatic rings. The van der Waals surface area contributed by atoms with Crippen molar-refractivity contribution < 1.29 is 0 Å². The number of hydrogen-bond acceptors (Lipinski definition) is 0. The first-order valence-electron chi connectivity index (χ1n) is 5.65. The SMILES string of the molecule is CCC1C2(C#CC(C)C)CC12CC. The molecule has 0 saturated heterocycles. The molecule has 0 nitrogen and oxygen atoms in total. The molecule has 3 unspecified atom stereocenters. The van der Waals surface area contributed by atoms with Crippen molar-refractivity contribution in [2.24, 2.45) is 22.7 Å². The van der Waals surface area contributed by atoms with Gasteiger partial charge in [0.25, 0.3) is 0 Å². The van der Waals surface area contributed by atoms with Crippen molar-refractivity contribution in [3.8, 4) is 11.8 Å². The third-order valence-electron chi connectivity index (χ3n) is 4.16. The summed E-state index contributed by atoms with van der Waals surface area (Å²) in [6, 6.07) is 0. The maximum Gasteiger partial charge on any atom is 0.0414 e. The Balaban J connectivity index is 2.08. The van der Waals surface area contributed by atoms with Crippen LogP contribution in [0.1, 0.15) is 47.0 Å². The van der Waals surface area contributed by atoms with E-state index in [0.29, 0.717) is 16.7 Å². The molecule has 0 radical (unpaired) electrons. The zero-order valence-corrected chi connectivity index (χ0v) is 9.28. The molecule has 0 amide bonds. The van der Waals surface area contributed by atoms with E-state index in [1.807, 2.05) is 0 Å². The molecular weight excluding hydrogens is 156 g/mol. The lowest BCUT2D eigenvalue weighted by molar-refractivity contribution is 0.450. The van der Waals surface area contributed by atoms with Crippen LogP contribution in [0.5, 0.6) is 0 Å². The van der Waals surface area contributed by atoms with Crippen molar-refractivity contribution in [2.45, 2.75) is 47.0 Å². The van der Waals surface area contributed by atoms with Crippen LogP contribution in [0.2, 0.25) is 0 Å². The van der Waals surface area contributed by atoms with Crippen LogP contribution in [0.25, 0.3) is 0 Å². The molecule has 0 spiro atoms. The maximum absolute atomic E-state index is 3.55. The Bertz CT molecular complexity index is 278. The van der Waals surface area contributed by atoms with E-state index in [1.54, 1.807) is 0 Å². The molecule has 0 bridgehead atoms. The number of rotatable bonds is 2. The van der Waals surface area contributed by atoms with Crippen LogP contribution in [-0.4, -0.2) is 0 Å². The zero-order chi connectivity index (χ0) is 9.69. The van der Waals surface area contributed by atoms with Crippen LogP contribution >= 0.6 is 0 Å². The summed E-state index contributed by atoms with van der Waals surface area (Å²) in [6.45, 7) is 9.01. The number of hydrogen-bond donors (Lipinski definition) is 0. The Morgan fingerprint density at radius 1 is 1.38 bits per heavy atom. The van der Waals surface area contributed by atoms with Gasteiger partial charge in [0.1, 0.15) is 0 Å². The van der Waals surface area contributed by atoms with Crippen LogP contribution in [-0.2, 0) is 0 Å². The Hall–Kier alpha value is -0.440. The second-order valence-corrected chi connectivity index (χ2v) is 5.04. The average Bonchev–Trinajstić information content (AvgIpc) is 2.86. The van der Waals surface area contributed by atoms with Gasteiger partial charge in [-0.05, 0) is 24.2 Å². The first kappa shape index (κ1) is 9.13. The minimum atomic E-state index is 0.501. The third-order valence-corrected chi connectivity index (χ3v) is 4.16. The Kier molecular flexibility index (Phi) is 1.78. The molecule has 0 aromatic carbocycles. The molecule has 3 atom stereocenters. The van der Waals surface area contributed by atoms with Gasteiger partial charge in [-0.15, -0.1) is 0 Å². The summed E-state index contributed by atoms with van der Waals surface area (Å²) in [4.78, 5) is 0. The molecule has 72 valence electrons. The minimum absolute atomic E-state index is 0.501. The first-order chi connectivity index (χ1) is 6.13.